The lowest BCUT2D eigenvalue weighted by Crippen LogP contribution is -2.41. The number of piperazine rings is 1. The van der Waals surface area contributed by atoms with Crippen LogP contribution in [-0.2, 0) is 22.5 Å². The second-order valence-corrected chi connectivity index (χ2v) is 8.97. The van der Waals surface area contributed by atoms with Gasteiger partial charge in [-0.15, -0.1) is 0 Å². The van der Waals surface area contributed by atoms with Crippen molar-refractivity contribution in [3.8, 4) is 0 Å². The normalized spacial score (nSPS) is 16.8. The largest absolute Gasteiger partial charge is 0.462 e. The van der Waals surface area contributed by atoms with Gasteiger partial charge in [-0.3, -0.25) is 19.5 Å². The van der Waals surface area contributed by atoms with E-state index in [9.17, 15) is 9.59 Å². The highest BCUT2D eigenvalue weighted by molar-refractivity contribution is 6.04. The predicted octanol–water partition coefficient (Wildman–Crippen LogP) is 1.41. The van der Waals surface area contributed by atoms with Crippen LogP contribution in [0, 0.1) is 0 Å². The van der Waals surface area contributed by atoms with Crippen LogP contribution < -0.4 is 5.32 Å². The minimum atomic E-state index is -0.344. The number of aliphatic hydroxyl groups excluding tert-OH is 1. The molecule has 1 fully saturated rings. The Morgan fingerprint density at radius 1 is 1.06 bits per heavy atom. The Morgan fingerprint density at radius 2 is 1.83 bits per heavy atom. The highest BCUT2D eigenvalue weighted by Gasteiger charge is 2.20. The number of aliphatic hydroxyl groups is 1. The number of carbonyl (C=O) groups is 2. The maximum absolute atomic E-state index is 12.8. The summed E-state index contributed by atoms with van der Waals surface area (Å²) in [6.07, 6.45) is 2.66. The molecule has 0 unspecified atom stereocenters. The van der Waals surface area contributed by atoms with Crippen LogP contribution in [0.2, 0.25) is 0 Å². The van der Waals surface area contributed by atoms with Crippen LogP contribution in [0.25, 0.3) is 0 Å². The number of fused-ring (bicyclic) bond motifs is 1. The van der Waals surface area contributed by atoms with Gasteiger partial charge >= 0.3 is 5.97 Å². The second kappa shape index (κ2) is 11.9. The maximum atomic E-state index is 12.8. The fourth-order valence-electron chi connectivity index (χ4n) is 4.20. The zero-order valence-corrected chi connectivity index (χ0v) is 20.2. The van der Waals surface area contributed by atoms with E-state index in [-0.39, 0.29) is 31.6 Å². The monoisotopic (exact) mass is 479 g/mol. The number of ether oxygens (including phenoxy) is 1. The van der Waals surface area contributed by atoms with Gasteiger partial charge in [0.05, 0.1) is 19.4 Å². The van der Waals surface area contributed by atoms with Crippen molar-refractivity contribution in [1.82, 2.24) is 14.8 Å². The van der Waals surface area contributed by atoms with Crippen molar-refractivity contribution < 1.29 is 19.4 Å². The molecular formula is C26H33N5O4. The minimum Gasteiger partial charge on any atom is -0.462 e. The molecule has 2 aromatic rings. The first-order valence-electron chi connectivity index (χ1n) is 12.0. The molecule has 2 aliphatic rings. The van der Waals surface area contributed by atoms with Gasteiger partial charge in [0.1, 0.15) is 6.61 Å². The fraction of sp³-hybridized carbons (Fsp3) is 0.423. The van der Waals surface area contributed by atoms with Crippen LogP contribution >= 0.6 is 0 Å². The topological polar surface area (TPSA) is 97.7 Å². The number of hydrazone groups is 1. The number of rotatable bonds is 8. The number of esters is 1. The van der Waals surface area contributed by atoms with Crippen molar-refractivity contribution >= 4 is 23.8 Å². The molecular weight excluding hydrogens is 446 g/mol. The van der Waals surface area contributed by atoms with E-state index in [4.69, 9.17) is 9.84 Å². The SMILES string of the molecule is CN1CCN(N=Cc2ccc(C(=O)Nc3ccc4c(c3)CN(CC(=O)OCCO)CC4)cc2)CC1. The zero-order chi connectivity index (χ0) is 24.6. The third kappa shape index (κ3) is 7.11. The number of nitrogens with zero attached hydrogens (tertiary/aromatic N) is 4. The molecule has 0 bridgehead atoms. The first-order valence-corrected chi connectivity index (χ1v) is 12.0. The fourth-order valence-corrected chi connectivity index (χ4v) is 4.20. The summed E-state index contributed by atoms with van der Waals surface area (Å²) in [6.45, 7) is 5.24. The highest BCUT2D eigenvalue weighted by atomic mass is 16.5. The van der Waals surface area contributed by atoms with Crippen molar-refractivity contribution in [2.45, 2.75) is 13.0 Å². The first kappa shape index (κ1) is 24.8. The molecule has 0 saturated carbocycles. The number of nitrogens with one attached hydrogen (secondary N) is 1. The summed E-state index contributed by atoms with van der Waals surface area (Å²) in [6, 6.07) is 13.3. The van der Waals surface area contributed by atoms with Crippen molar-refractivity contribution in [3.63, 3.8) is 0 Å². The lowest BCUT2D eigenvalue weighted by atomic mass is 9.99. The molecule has 2 aliphatic heterocycles. The van der Waals surface area contributed by atoms with Crippen LogP contribution in [0.5, 0.6) is 0 Å². The Balaban J connectivity index is 1.32. The van der Waals surface area contributed by atoms with Crippen molar-refractivity contribution in [3.05, 3.63) is 64.7 Å². The van der Waals surface area contributed by atoms with Gasteiger partial charge in [0, 0.05) is 50.5 Å². The highest BCUT2D eigenvalue weighted by Crippen LogP contribution is 2.23. The Labute approximate surface area is 206 Å². The summed E-state index contributed by atoms with van der Waals surface area (Å²) in [7, 11) is 2.11. The van der Waals surface area contributed by atoms with Gasteiger partial charge in [-0.05, 0) is 54.4 Å². The Morgan fingerprint density at radius 3 is 2.57 bits per heavy atom. The van der Waals surface area contributed by atoms with E-state index in [1.165, 1.54) is 5.56 Å². The first-order chi connectivity index (χ1) is 17.0. The van der Waals surface area contributed by atoms with Crippen LogP contribution in [0.15, 0.2) is 47.6 Å². The van der Waals surface area contributed by atoms with Gasteiger partial charge in [-0.2, -0.15) is 5.10 Å². The van der Waals surface area contributed by atoms with Crippen LogP contribution in [0.4, 0.5) is 5.69 Å². The summed E-state index contributed by atoms with van der Waals surface area (Å²) in [5.74, 6) is -0.517. The lowest BCUT2D eigenvalue weighted by Gasteiger charge is -2.30. The molecule has 2 aromatic carbocycles. The number of hydrogen-bond acceptors (Lipinski definition) is 8. The number of likely N-dealkylation sites (N-methyl/N-ethyl adjacent to an activating group) is 1. The van der Waals surface area contributed by atoms with Gasteiger partial charge in [0.15, 0.2) is 0 Å². The van der Waals surface area contributed by atoms with Crippen LogP contribution in [-0.4, -0.2) is 97.5 Å². The molecule has 4 rings (SSSR count). The summed E-state index contributed by atoms with van der Waals surface area (Å²) in [4.78, 5) is 29.0. The molecule has 1 saturated heterocycles. The Bertz CT molecular complexity index is 1050. The summed E-state index contributed by atoms with van der Waals surface area (Å²) < 4.78 is 4.97. The molecule has 2 heterocycles. The Hall–Kier alpha value is -3.27. The van der Waals surface area contributed by atoms with E-state index in [1.807, 2.05) is 41.4 Å². The van der Waals surface area contributed by atoms with Crippen LogP contribution in [0.3, 0.4) is 0 Å². The van der Waals surface area contributed by atoms with E-state index in [2.05, 4.69) is 27.4 Å². The standard InChI is InChI=1S/C26H33N5O4/c1-29-10-12-31(13-11-29)27-17-20-2-4-22(5-3-20)26(34)28-24-7-6-21-8-9-30(18-23(21)16-24)19-25(33)35-15-14-32/h2-7,16-17,32H,8-15,18-19H2,1H3,(H,28,34). The molecule has 0 aromatic heterocycles. The maximum Gasteiger partial charge on any atom is 0.320 e. The van der Waals surface area contributed by atoms with E-state index in [0.29, 0.717) is 12.1 Å². The number of amides is 1. The molecule has 186 valence electrons. The molecule has 0 aliphatic carbocycles. The number of benzene rings is 2. The average Bonchev–Trinajstić information content (AvgIpc) is 2.87. The van der Waals surface area contributed by atoms with E-state index < -0.39 is 0 Å². The lowest BCUT2D eigenvalue weighted by molar-refractivity contribution is -0.146. The zero-order valence-electron chi connectivity index (χ0n) is 20.2. The van der Waals surface area contributed by atoms with Crippen LogP contribution in [0.1, 0.15) is 27.0 Å². The molecule has 1 amide bonds. The van der Waals surface area contributed by atoms with Gasteiger partial charge in [0.2, 0.25) is 0 Å². The van der Waals surface area contributed by atoms with Gasteiger partial charge in [-0.25, -0.2) is 0 Å². The molecule has 2 N–H and O–H groups in total. The number of carbonyl (C=O) groups excluding carboxylic acids is 2. The second-order valence-electron chi connectivity index (χ2n) is 8.97. The third-order valence-corrected chi connectivity index (χ3v) is 6.29. The average molecular weight is 480 g/mol. The summed E-state index contributed by atoms with van der Waals surface area (Å²) >= 11 is 0. The minimum absolute atomic E-state index is 0.0173. The molecule has 35 heavy (non-hydrogen) atoms. The molecule has 0 radical (unpaired) electrons. The number of hydrogen-bond donors (Lipinski definition) is 2. The molecule has 9 nitrogen and oxygen atoms in total. The molecule has 0 spiro atoms. The molecule has 9 heteroatoms. The third-order valence-electron chi connectivity index (χ3n) is 6.29. The van der Waals surface area contributed by atoms with Crippen molar-refractivity contribution in [1.29, 1.82) is 0 Å². The Kier molecular flexibility index (Phi) is 8.46. The summed E-state index contributed by atoms with van der Waals surface area (Å²) in [5.41, 5.74) is 4.55. The number of anilines is 1. The summed E-state index contributed by atoms with van der Waals surface area (Å²) in [5, 5.41) is 18.4. The van der Waals surface area contributed by atoms with Gasteiger partial charge < -0.3 is 20.1 Å². The van der Waals surface area contributed by atoms with Crippen molar-refractivity contribution in [2.75, 3.05) is 64.8 Å². The van der Waals surface area contributed by atoms with E-state index >= 15 is 0 Å². The van der Waals surface area contributed by atoms with E-state index in [0.717, 1.165) is 56.0 Å². The molecule has 0 atom stereocenters. The van der Waals surface area contributed by atoms with Gasteiger partial charge in [0.25, 0.3) is 5.91 Å². The smallest absolute Gasteiger partial charge is 0.320 e. The predicted molar refractivity (Wildman–Crippen MR) is 135 cm³/mol. The van der Waals surface area contributed by atoms with E-state index in [1.54, 1.807) is 12.1 Å². The van der Waals surface area contributed by atoms with Gasteiger partial charge in [-0.1, -0.05) is 18.2 Å². The van der Waals surface area contributed by atoms with Crippen molar-refractivity contribution in [2.24, 2.45) is 5.10 Å². The quantitative estimate of drug-likeness (QED) is 0.437.